The van der Waals surface area contributed by atoms with Gasteiger partial charge in [-0.05, 0) is 67.9 Å². The number of amides is 1. The predicted molar refractivity (Wildman–Crippen MR) is 125 cm³/mol. The Balaban J connectivity index is 1.33. The quantitative estimate of drug-likeness (QED) is 0.408. The minimum Gasteiger partial charge on any atom is -0.325 e. The van der Waals surface area contributed by atoms with E-state index in [4.69, 9.17) is 4.98 Å². The number of carbonyl (C=O) groups excluding carboxylic acids is 1. The van der Waals surface area contributed by atoms with Gasteiger partial charge in [0.05, 0.1) is 11.1 Å². The first-order valence-electron chi connectivity index (χ1n) is 10.9. The lowest BCUT2D eigenvalue weighted by Crippen LogP contribution is -2.14. The number of aromatic nitrogens is 4. The van der Waals surface area contributed by atoms with E-state index in [0.717, 1.165) is 47.4 Å². The number of nitrogens with one attached hydrogen (secondary N) is 1. The molecule has 1 atom stereocenters. The van der Waals surface area contributed by atoms with Gasteiger partial charge in [0.15, 0.2) is 10.8 Å². The van der Waals surface area contributed by atoms with Crippen molar-refractivity contribution in [2.24, 2.45) is 5.92 Å². The molecular weight excluding hydrogens is 445 g/mol. The average molecular weight is 468 g/mol. The highest BCUT2D eigenvalue weighted by atomic mass is 32.2. The Hall–Kier alpha value is -2.52. The number of hydrogen-bond donors (Lipinski definition) is 1. The molecule has 1 saturated carbocycles. The molecule has 9 heteroatoms. The van der Waals surface area contributed by atoms with Gasteiger partial charge in [-0.2, -0.15) is 0 Å². The summed E-state index contributed by atoms with van der Waals surface area (Å²) in [7, 11) is 0. The van der Waals surface area contributed by atoms with Crippen molar-refractivity contribution in [2.45, 2.75) is 50.1 Å². The van der Waals surface area contributed by atoms with Gasteiger partial charge in [0, 0.05) is 16.5 Å². The molecule has 2 aliphatic carbocycles. The van der Waals surface area contributed by atoms with E-state index in [1.165, 1.54) is 40.8 Å². The van der Waals surface area contributed by atoms with E-state index in [1.54, 1.807) is 12.1 Å². The zero-order valence-electron chi connectivity index (χ0n) is 17.6. The van der Waals surface area contributed by atoms with Gasteiger partial charge in [0.2, 0.25) is 5.91 Å². The number of benzene rings is 1. The summed E-state index contributed by atoms with van der Waals surface area (Å²) in [5.41, 5.74) is 2.84. The second kappa shape index (κ2) is 7.81. The number of fused-ring (bicyclic) bond motifs is 5. The summed E-state index contributed by atoms with van der Waals surface area (Å²) >= 11 is 3.18. The Kier molecular flexibility index (Phi) is 4.91. The molecule has 1 aromatic carbocycles. The number of aryl methyl sites for hydroxylation is 1. The summed E-state index contributed by atoms with van der Waals surface area (Å²) in [6.45, 7) is 2.31. The Morgan fingerprint density at radius 2 is 2.06 bits per heavy atom. The van der Waals surface area contributed by atoms with Crippen LogP contribution in [0.3, 0.4) is 0 Å². The summed E-state index contributed by atoms with van der Waals surface area (Å²) in [6, 6.07) is 5.76. The first-order valence-corrected chi connectivity index (χ1v) is 12.7. The van der Waals surface area contributed by atoms with Crippen molar-refractivity contribution in [1.82, 2.24) is 19.6 Å². The number of nitrogens with zero attached hydrogens (tertiary/aromatic N) is 4. The van der Waals surface area contributed by atoms with Crippen molar-refractivity contribution < 1.29 is 9.18 Å². The summed E-state index contributed by atoms with van der Waals surface area (Å²) in [4.78, 5) is 20.1. The van der Waals surface area contributed by atoms with E-state index in [2.05, 4.69) is 26.8 Å². The summed E-state index contributed by atoms with van der Waals surface area (Å²) in [5.74, 6) is 1.86. The fourth-order valence-electron chi connectivity index (χ4n) is 4.41. The van der Waals surface area contributed by atoms with Gasteiger partial charge in [0.1, 0.15) is 16.5 Å². The lowest BCUT2D eigenvalue weighted by Gasteiger charge is -2.17. The minimum absolute atomic E-state index is 0.165. The van der Waals surface area contributed by atoms with Crippen LogP contribution in [0.25, 0.3) is 15.9 Å². The van der Waals surface area contributed by atoms with Crippen molar-refractivity contribution in [3.05, 3.63) is 46.3 Å². The minimum atomic E-state index is -0.330. The number of anilines is 1. The highest BCUT2D eigenvalue weighted by Crippen LogP contribution is 2.44. The van der Waals surface area contributed by atoms with Crippen LogP contribution in [0.15, 0.2) is 29.4 Å². The topological polar surface area (TPSA) is 72.2 Å². The average Bonchev–Trinajstić information content (AvgIpc) is 3.44. The van der Waals surface area contributed by atoms with Gasteiger partial charge in [0.25, 0.3) is 0 Å². The molecule has 6 nitrogen and oxygen atoms in total. The molecule has 1 amide bonds. The van der Waals surface area contributed by atoms with Gasteiger partial charge in [-0.25, -0.2) is 9.37 Å². The third-order valence-corrected chi connectivity index (χ3v) is 8.28. The van der Waals surface area contributed by atoms with Gasteiger partial charge in [-0.15, -0.1) is 21.5 Å². The van der Waals surface area contributed by atoms with Crippen LogP contribution in [-0.4, -0.2) is 31.2 Å². The first kappa shape index (κ1) is 20.1. The second-order valence-electron chi connectivity index (χ2n) is 8.76. The Morgan fingerprint density at radius 3 is 2.84 bits per heavy atom. The van der Waals surface area contributed by atoms with Gasteiger partial charge in [-0.3, -0.25) is 9.20 Å². The van der Waals surface area contributed by atoms with Crippen molar-refractivity contribution >= 4 is 50.6 Å². The molecule has 4 aromatic rings. The van der Waals surface area contributed by atoms with Gasteiger partial charge >= 0.3 is 0 Å². The standard InChI is InChI=1S/C23H22FN5OS2/c1-12-2-9-16-17(10-12)32-22-19(16)21-27-28-23(29(21)20(26-22)13-3-4-13)31-11-18(30)25-15-7-5-14(24)6-8-15/h5-8,12-13H,2-4,9-11H2,1H3,(H,25,30)/t12-/m1/s1. The normalized spacial score (nSPS) is 18.2. The van der Waals surface area contributed by atoms with Crippen LogP contribution in [0, 0.1) is 11.7 Å². The van der Waals surface area contributed by atoms with Crippen LogP contribution in [0.5, 0.6) is 0 Å². The fourth-order valence-corrected chi connectivity index (χ4v) is 6.53. The van der Waals surface area contributed by atoms with Crippen molar-refractivity contribution in [2.75, 3.05) is 11.1 Å². The molecule has 164 valence electrons. The van der Waals surface area contributed by atoms with Crippen LogP contribution < -0.4 is 5.32 Å². The lowest BCUT2D eigenvalue weighted by atomic mass is 9.89. The molecule has 0 bridgehead atoms. The maximum Gasteiger partial charge on any atom is 0.234 e. The second-order valence-corrected chi connectivity index (χ2v) is 10.8. The molecule has 0 aliphatic heterocycles. The molecule has 6 rings (SSSR count). The van der Waals surface area contributed by atoms with E-state index in [1.807, 2.05) is 11.3 Å². The van der Waals surface area contributed by atoms with E-state index in [-0.39, 0.29) is 17.5 Å². The Labute approximate surface area is 192 Å². The molecule has 0 spiro atoms. The monoisotopic (exact) mass is 467 g/mol. The zero-order valence-corrected chi connectivity index (χ0v) is 19.2. The van der Waals surface area contributed by atoms with E-state index < -0.39 is 0 Å². The van der Waals surface area contributed by atoms with Crippen LogP contribution in [-0.2, 0) is 17.6 Å². The molecule has 3 aromatic heterocycles. The van der Waals surface area contributed by atoms with E-state index >= 15 is 0 Å². The molecule has 2 aliphatic rings. The number of carbonyl (C=O) groups is 1. The van der Waals surface area contributed by atoms with Crippen LogP contribution in [0.2, 0.25) is 0 Å². The van der Waals surface area contributed by atoms with E-state index in [0.29, 0.717) is 22.7 Å². The summed E-state index contributed by atoms with van der Waals surface area (Å²) in [6.07, 6.45) is 5.62. The summed E-state index contributed by atoms with van der Waals surface area (Å²) in [5, 5.41) is 13.7. The number of rotatable bonds is 5. The molecular formula is C23H22FN5OS2. The predicted octanol–water partition coefficient (Wildman–Crippen LogP) is 5.21. The van der Waals surface area contributed by atoms with Crippen molar-refractivity contribution in [3.63, 3.8) is 0 Å². The number of thiophene rings is 1. The zero-order chi connectivity index (χ0) is 21.8. The van der Waals surface area contributed by atoms with Crippen LogP contribution in [0.4, 0.5) is 10.1 Å². The Morgan fingerprint density at radius 1 is 1.25 bits per heavy atom. The van der Waals surface area contributed by atoms with Gasteiger partial charge < -0.3 is 5.32 Å². The third kappa shape index (κ3) is 3.57. The van der Waals surface area contributed by atoms with Gasteiger partial charge in [-0.1, -0.05) is 18.7 Å². The maximum atomic E-state index is 13.1. The first-order chi connectivity index (χ1) is 15.6. The lowest BCUT2D eigenvalue weighted by molar-refractivity contribution is -0.113. The highest BCUT2D eigenvalue weighted by molar-refractivity contribution is 7.99. The third-order valence-electron chi connectivity index (χ3n) is 6.20. The maximum absolute atomic E-state index is 13.1. The van der Waals surface area contributed by atoms with Crippen LogP contribution in [0.1, 0.15) is 48.4 Å². The summed E-state index contributed by atoms with van der Waals surface area (Å²) < 4.78 is 15.2. The SMILES string of the molecule is C[C@@H]1CCc2c(sc3nc(C4CC4)n4c(SCC(=O)Nc5ccc(F)cc5)nnc4c23)C1. The molecule has 1 N–H and O–H groups in total. The molecule has 0 unspecified atom stereocenters. The van der Waals surface area contributed by atoms with Crippen molar-refractivity contribution in [1.29, 1.82) is 0 Å². The molecule has 1 fully saturated rings. The smallest absolute Gasteiger partial charge is 0.234 e. The largest absolute Gasteiger partial charge is 0.325 e. The highest BCUT2D eigenvalue weighted by Gasteiger charge is 2.32. The molecule has 32 heavy (non-hydrogen) atoms. The number of thioether (sulfide) groups is 1. The Bertz CT molecular complexity index is 1340. The fraction of sp³-hybridized carbons (Fsp3) is 0.391. The molecule has 0 saturated heterocycles. The molecule has 0 radical (unpaired) electrons. The van der Waals surface area contributed by atoms with E-state index in [9.17, 15) is 9.18 Å². The van der Waals surface area contributed by atoms with Crippen molar-refractivity contribution in [3.8, 4) is 0 Å². The number of hydrogen-bond acceptors (Lipinski definition) is 6. The molecule has 3 heterocycles. The van der Waals surface area contributed by atoms with Crippen LogP contribution >= 0.6 is 23.1 Å². The number of halogens is 1.